The molecule has 0 spiro atoms. The molecular weight excluding hydrogens is 416 g/mol. The number of rotatable bonds is 21. The Labute approximate surface area is 194 Å². The molecule has 0 radical (unpaired) electrons. The van der Waals surface area contributed by atoms with Crippen LogP contribution in [0.4, 0.5) is 0 Å². The number of carbonyl (C=O) groups excluding carboxylic acids is 2. The van der Waals surface area contributed by atoms with Gasteiger partial charge in [-0.1, -0.05) is 41.5 Å². The number of hydrogen-bond donors (Lipinski definition) is 0. The molecule has 0 amide bonds. The van der Waals surface area contributed by atoms with E-state index in [9.17, 15) is 9.59 Å². The molecule has 0 aromatic carbocycles. The third-order valence-corrected chi connectivity index (χ3v) is 4.46. The maximum atomic E-state index is 11.8. The summed E-state index contributed by atoms with van der Waals surface area (Å²) in [5, 5.41) is 0. The van der Waals surface area contributed by atoms with E-state index in [0.29, 0.717) is 79.1 Å². The molecule has 0 N–H and O–H groups in total. The zero-order chi connectivity index (χ0) is 24.3. The highest BCUT2D eigenvalue weighted by Crippen LogP contribution is 2.17. The Morgan fingerprint density at radius 1 is 0.469 bits per heavy atom. The Morgan fingerprint density at radius 2 is 0.781 bits per heavy atom. The van der Waals surface area contributed by atoms with Crippen LogP contribution >= 0.6 is 0 Å². The van der Waals surface area contributed by atoms with Crippen LogP contribution in [0.3, 0.4) is 0 Å². The lowest BCUT2D eigenvalue weighted by Crippen LogP contribution is -2.25. The van der Waals surface area contributed by atoms with Gasteiger partial charge < -0.3 is 28.4 Å². The first kappa shape index (κ1) is 31.1. The zero-order valence-electron chi connectivity index (χ0n) is 21.2. The maximum Gasteiger partial charge on any atom is 0.163 e. The Kier molecular flexibility index (Phi) is 18.0. The van der Waals surface area contributed by atoms with Gasteiger partial charge in [0.15, 0.2) is 5.78 Å². The summed E-state index contributed by atoms with van der Waals surface area (Å²) in [6, 6.07) is 0. The molecular formula is C24H46O8. The van der Waals surface area contributed by atoms with Gasteiger partial charge in [0, 0.05) is 23.9 Å². The Bertz CT molecular complexity index is 435. The van der Waals surface area contributed by atoms with Gasteiger partial charge in [-0.05, 0) is 6.42 Å². The fourth-order valence-corrected chi connectivity index (χ4v) is 2.19. The van der Waals surface area contributed by atoms with Crippen molar-refractivity contribution in [3.8, 4) is 0 Å². The normalized spacial score (nSPS) is 12.3. The highest BCUT2D eigenvalue weighted by molar-refractivity contribution is 5.84. The summed E-state index contributed by atoms with van der Waals surface area (Å²) in [5.74, 6) is 0.349. The average Bonchev–Trinajstić information content (AvgIpc) is 2.70. The molecule has 0 aliphatic carbocycles. The standard InChI is InChI=1S/C24H46O8/c1-23(2,3)21(25)8-7-9-27-10-11-28-12-13-29-14-15-30-16-17-31-18-19-32-20-22(26)24(4,5)6/h7-20H2,1-6H3. The van der Waals surface area contributed by atoms with Crippen LogP contribution in [0.25, 0.3) is 0 Å². The monoisotopic (exact) mass is 462 g/mol. The first-order valence-corrected chi connectivity index (χ1v) is 11.6. The highest BCUT2D eigenvalue weighted by Gasteiger charge is 2.21. The van der Waals surface area contributed by atoms with E-state index in [-0.39, 0.29) is 29.0 Å². The smallest absolute Gasteiger partial charge is 0.163 e. The summed E-state index contributed by atoms with van der Waals surface area (Å²) in [6.07, 6.45) is 1.30. The Balaban J connectivity index is 3.20. The van der Waals surface area contributed by atoms with Crippen LogP contribution in [0.1, 0.15) is 54.4 Å². The van der Waals surface area contributed by atoms with Crippen molar-refractivity contribution in [1.82, 2.24) is 0 Å². The molecule has 0 unspecified atom stereocenters. The van der Waals surface area contributed by atoms with Crippen LogP contribution < -0.4 is 0 Å². The van der Waals surface area contributed by atoms with E-state index in [0.717, 1.165) is 6.42 Å². The number of carbonyl (C=O) groups is 2. The largest absolute Gasteiger partial charge is 0.379 e. The minimum Gasteiger partial charge on any atom is -0.379 e. The molecule has 0 fully saturated rings. The molecule has 0 saturated carbocycles. The van der Waals surface area contributed by atoms with Gasteiger partial charge in [0.1, 0.15) is 12.4 Å². The molecule has 0 bridgehead atoms. The van der Waals surface area contributed by atoms with Crippen molar-refractivity contribution >= 4 is 11.6 Å². The molecule has 0 aromatic heterocycles. The lowest BCUT2D eigenvalue weighted by Gasteiger charge is -2.16. The van der Waals surface area contributed by atoms with E-state index >= 15 is 0 Å². The summed E-state index contributed by atoms with van der Waals surface area (Å²) < 4.78 is 32.4. The van der Waals surface area contributed by atoms with Gasteiger partial charge in [-0.15, -0.1) is 0 Å². The van der Waals surface area contributed by atoms with Gasteiger partial charge in [-0.25, -0.2) is 0 Å². The highest BCUT2D eigenvalue weighted by atomic mass is 16.6. The molecule has 190 valence electrons. The average molecular weight is 463 g/mol. The van der Waals surface area contributed by atoms with Gasteiger partial charge in [-0.3, -0.25) is 9.59 Å². The van der Waals surface area contributed by atoms with Gasteiger partial charge >= 0.3 is 0 Å². The van der Waals surface area contributed by atoms with Crippen molar-refractivity contribution in [3.05, 3.63) is 0 Å². The third-order valence-electron chi connectivity index (χ3n) is 4.46. The zero-order valence-corrected chi connectivity index (χ0v) is 21.2. The summed E-state index contributed by atoms with van der Waals surface area (Å²) in [5.41, 5.74) is -0.640. The molecule has 0 aliphatic heterocycles. The molecule has 0 aliphatic rings. The predicted octanol–water partition coefficient (Wildman–Crippen LogP) is 3.10. The van der Waals surface area contributed by atoms with Crippen molar-refractivity contribution in [1.29, 1.82) is 0 Å². The summed E-state index contributed by atoms with van der Waals surface area (Å²) in [6.45, 7) is 17.0. The summed E-state index contributed by atoms with van der Waals surface area (Å²) in [7, 11) is 0. The molecule has 32 heavy (non-hydrogen) atoms. The molecule has 8 heteroatoms. The Morgan fingerprint density at radius 3 is 1.12 bits per heavy atom. The van der Waals surface area contributed by atoms with Crippen LogP contribution in [0.2, 0.25) is 0 Å². The van der Waals surface area contributed by atoms with Crippen molar-refractivity contribution in [2.45, 2.75) is 54.4 Å². The second-order valence-corrected chi connectivity index (χ2v) is 9.56. The quantitative estimate of drug-likeness (QED) is 0.240. The fourth-order valence-electron chi connectivity index (χ4n) is 2.19. The molecule has 8 nitrogen and oxygen atoms in total. The molecule has 0 saturated heterocycles. The SMILES string of the molecule is CC(C)(C)C(=O)CCCOCCOCCOCCOCCOCCOCC(=O)C(C)(C)C. The summed E-state index contributed by atoms with van der Waals surface area (Å²) in [4.78, 5) is 23.4. The van der Waals surface area contributed by atoms with Crippen LogP contribution in [0, 0.1) is 10.8 Å². The first-order chi connectivity index (χ1) is 15.0. The molecule has 0 rings (SSSR count). The maximum absolute atomic E-state index is 11.8. The van der Waals surface area contributed by atoms with Crippen LogP contribution in [0.5, 0.6) is 0 Å². The Hall–Kier alpha value is -0.900. The van der Waals surface area contributed by atoms with Gasteiger partial charge in [0.25, 0.3) is 0 Å². The van der Waals surface area contributed by atoms with E-state index < -0.39 is 0 Å². The topological polar surface area (TPSA) is 89.5 Å². The van der Waals surface area contributed by atoms with Gasteiger partial charge in [0.2, 0.25) is 0 Å². The minimum absolute atomic E-state index is 0.0837. The first-order valence-electron chi connectivity index (χ1n) is 11.6. The second-order valence-electron chi connectivity index (χ2n) is 9.56. The fraction of sp³-hybridized carbons (Fsp3) is 0.917. The number of Topliss-reactive ketones (excluding diaryl/α,β-unsaturated/α-hetero) is 2. The van der Waals surface area contributed by atoms with Crippen molar-refractivity contribution < 1.29 is 38.0 Å². The second kappa shape index (κ2) is 18.5. The van der Waals surface area contributed by atoms with Gasteiger partial charge in [-0.2, -0.15) is 0 Å². The van der Waals surface area contributed by atoms with Crippen LogP contribution in [0.15, 0.2) is 0 Å². The third kappa shape index (κ3) is 19.8. The number of ketones is 2. The predicted molar refractivity (Wildman–Crippen MR) is 123 cm³/mol. The van der Waals surface area contributed by atoms with E-state index in [1.165, 1.54) is 0 Å². The molecule has 0 atom stereocenters. The number of hydrogen-bond acceptors (Lipinski definition) is 8. The lowest BCUT2D eigenvalue weighted by molar-refractivity contribution is -0.131. The van der Waals surface area contributed by atoms with Crippen molar-refractivity contribution in [3.63, 3.8) is 0 Å². The van der Waals surface area contributed by atoms with E-state index in [1.54, 1.807) is 0 Å². The van der Waals surface area contributed by atoms with Crippen molar-refractivity contribution in [2.24, 2.45) is 10.8 Å². The van der Waals surface area contributed by atoms with E-state index in [1.807, 2.05) is 41.5 Å². The van der Waals surface area contributed by atoms with Gasteiger partial charge in [0.05, 0.1) is 66.1 Å². The lowest BCUT2D eigenvalue weighted by atomic mass is 9.88. The van der Waals surface area contributed by atoms with E-state index in [4.69, 9.17) is 28.4 Å². The molecule has 0 heterocycles. The summed E-state index contributed by atoms with van der Waals surface area (Å²) >= 11 is 0. The van der Waals surface area contributed by atoms with Crippen LogP contribution in [-0.4, -0.2) is 90.8 Å². The van der Waals surface area contributed by atoms with Crippen LogP contribution in [-0.2, 0) is 38.0 Å². The minimum atomic E-state index is -0.369. The molecule has 0 aromatic rings. The number of ether oxygens (including phenoxy) is 6. The van der Waals surface area contributed by atoms with E-state index in [2.05, 4.69) is 0 Å². The van der Waals surface area contributed by atoms with Crippen molar-refractivity contribution in [2.75, 3.05) is 79.3 Å².